The third-order valence-corrected chi connectivity index (χ3v) is 4.78. The van der Waals surface area contributed by atoms with Gasteiger partial charge in [0.2, 0.25) is 0 Å². The number of carbonyl (C=O) groups excluding carboxylic acids is 1. The number of amides is 1. The Labute approximate surface area is 126 Å². The molecule has 0 radical (unpaired) electrons. The quantitative estimate of drug-likeness (QED) is 0.890. The van der Waals surface area contributed by atoms with Crippen LogP contribution in [0.5, 0.6) is 0 Å². The molecule has 0 bridgehead atoms. The van der Waals surface area contributed by atoms with Crippen molar-refractivity contribution >= 4 is 5.91 Å². The lowest BCUT2D eigenvalue weighted by Gasteiger charge is -2.30. The van der Waals surface area contributed by atoms with Crippen molar-refractivity contribution in [3.05, 3.63) is 34.9 Å². The van der Waals surface area contributed by atoms with E-state index in [-0.39, 0.29) is 5.91 Å². The Morgan fingerprint density at radius 1 is 1.38 bits per heavy atom. The number of fused-ring (bicyclic) bond motifs is 1. The summed E-state index contributed by atoms with van der Waals surface area (Å²) in [7, 11) is 1.80. The van der Waals surface area contributed by atoms with Crippen molar-refractivity contribution < 1.29 is 9.90 Å². The van der Waals surface area contributed by atoms with E-state index in [4.69, 9.17) is 0 Å². The highest BCUT2D eigenvalue weighted by Gasteiger charge is 2.34. The van der Waals surface area contributed by atoms with Crippen molar-refractivity contribution in [2.75, 3.05) is 20.1 Å². The molecule has 1 aliphatic carbocycles. The number of carbonyl (C=O) groups is 1. The molecular weight excluding hydrogens is 264 g/mol. The van der Waals surface area contributed by atoms with Crippen molar-refractivity contribution in [2.45, 2.75) is 44.2 Å². The van der Waals surface area contributed by atoms with Gasteiger partial charge in [0.25, 0.3) is 5.91 Å². The number of hydrogen-bond donors (Lipinski definition) is 2. The molecule has 2 aliphatic rings. The highest BCUT2D eigenvalue weighted by atomic mass is 16.3. The first-order valence-corrected chi connectivity index (χ1v) is 7.88. The normalized spacial score (nSPS) is 20.1. The van der Waals surface area contributed by atoms with E-state index in [9.17, 15) is 9.90 Å². The van der Waals surface area contributed by atoms with Gasteiger partial charge >= 0.3 is 0 Å². The molecule has 4 heteroatoms. The summed E-state index contributed by atoms with van der Waals surface area (Å²) in [4.78, 5) is 14.4. The summed E-state index contributed by atoms with van der Waals surface area (Å²) in [5, 5.41) is 13.8. The van der Waals surface area contributed by atoms with Crippen LogP contribution >= 0.6 is 0 Å². The van der Waals surface area contributed by atoms with Crippen molar-refractivity contribution in [1.29, 1.82) is 0 Å². The minimum atomic E-state index is -0.680. The third-order valence-electron chi connectivity index (χ3n) is 4.78. The van der Waals surface area contributed by atoms with Crippen LogP contribution in [0.25, 0.3) is 0 Å². The van der Waals surface area contributed by atoms with Crippen LogP contribution in [0.1, 0.15) is 47.2 Å². The summed E-state index contributed by atoms with van der Waals surface area (Å²) in [6, 6.07) is 5.96. The molecule has 0 saturated heterocycles. The lowest BCUT2D eigenvalue weighted by atomic mass is 9.94. The minimum Gasteiger partial charge on any atom is -0.388 e. The molecule has 1 heterocycles. The molecule has 1 fully saturated rings. The van der Waals surface area contributed by atoms with Gasteiger partial charge in [0.1, 0.15) is 0 Å². The fourth-order valence-corrected chi connectivity index (χ4v) is 3.64. The van der Waals surface area contributed by atoms with Gasteiger partial charge in [-0.15, -0.1) is 0 Å². The zero-order valence-corrected chi connectivity index (χ0v) is 12.7. The third kappa shape index (κ3) is 2.97. The molecule has 1 aromatic carbocycles. The Hall–Kier alpha value is -1.39. The number of rotatable bonds is 3. The second-order valence-corrected chi connectivity index (χ2v) is 6.46. The minimum absolute atomic E-state index is 0.0362. The molecule has 114 valence electrons. The molecule has 2 N–H and O–H groups in total. The van der Waals surface area contributed by atoms with Crippen LogP contribution in [0.3, 0.4) is 0 Å². The van der Waals surface area contributed by atoms with E-state index >= 15 is 0 Å². The number of nitrogens with one attached hydrogen (secondary N) is 1. The average Bonchev–Trinajstić information content (AvgIpc) is 2.92. The van der Waals surface area contributed by atoms with Gasteiger partial charge in [-0.2, -0.15) is 0 Å². The fourth-order valence-electron chi connectivity index (χ4n) is 3.64. The predicted molar refractivity (Wildman–Crippen MR) is 82.2 cm³/mol. The molecule has 1 aliphatic heterocycles. The maximum Gasteiger partial charge on any atom is 0.253 e. The SMILES string of the molecule is CN(CC1(O)CCCC1)C(=O)c1cccc2c1CCNC2. The van der Waals surface area contributed by atoms with E-state index in [0.717, 1.165) is 50.8 Å². The van der Waals surface area contributed by atoms with E-state index in [1.165, 1.54) is 11.1 Å². The molecule has 21 heavy (non-hydrogen) atoms. The van der Waals surface area contributed by atoms with Crippen LogP contribution in [0, 0.1) is 0 Å². The number of benzene rings is 1. The van der Waals surface area contributed by atoms with Crippen LogP contribution in [0.2, 0.25) is 0 Å². The van der Waals surface area contributed by atoms with Crippen LogP contribution < -0.4 is 5.32 Å². The van der Waals surface area contributed by atoms with E-state index in [0.29, 0.717) is 6.54 Å². The predicted octanol–water partition coefficient (Wildman–Crippen LogP) is 1.71. The maximum absolute atomic E-state index is 12.7. The average molecular weight is 288 g/mol. The highest BCUT2D eigenvalue weighted by Crippen LogP contribution is 2.30. The highest BCUT2D eigenvalue weighted by molar-refractivity contribution is 5.96. The smallest absolute Gasteiger partial charge is 0.253 e. The van der Waals surface area contributed by atoms with Crippen LogP contribution in [0.4, 0.5) is 0 Å². The van der Waals surface area contributed by atoms with E-state index < -0.39 is 5.60 Å². The first-order chi connectivity index (χ1) is 10.1. The van der Waals surface area contributed by atoms with Crippen molar-refractivity contribution in [1.82, 2.24) is 10.2 Å². The number of nitrogens with zero attached hydrogens (tertiary/aromatic N) is 1. The van der Waals surface area contributed by atoms with Gasteiger partial charge in [-0.1, -0.05) is 25.0 Å². The van der Waals surface area contributed by atoms with Crippen molar-refractivity contribution in [3.63, 3.8) is 0 Å². The molecule has 1 saturated carbocycles. The molecule has 0 atom stereocenters. The number of likely N-dealkylation sites (N-methyl/N-ethyl adjacent to an activating group) is 1. The van der Waals surface area contributed by atoms with Gasteiger partial charge in [-0.25, -0.2) is 0 Å². The lowest BCUT2D eigenvalue weighted by Crippen LogP contribution is -2.42. The van der Waals surface area contributed by atoms with Crippen LogP contribution in [-0.2, 0) is 13.0 Å². The topological polar surface area (TPSA) is 52.6 Å². The first kappa shape index (κ1) is 14.5. The second-order valence-electron chi connectivity index (χ2n) is 6.46. The fraction of sp³-hybridized carbons (Fsp3) is 0.588. The summed E-state index contributed by atoms with van der Waals surface area (Å²) in [5.41, 5.74) is 2.52. The van der Waals surface area contributed by atoms with Crippen LogP contribution in [0.15, 0.2) is 18.2 Å². The Balaban J connectivity index is 1.78. The van der Waals surface area contributed by atoms with Gasteiger partial charge in [-0.05, 0) is 43.0 Å². The Bertz CT molecular complexity index is 536. The summed E-state index contributed by atoms with van der Waals surface area (Å²) in [5.74, 6) is 0.0362. The van der Waals surface area contributed by atoms with Gasteiger partial charge in [-0.3, -0.25) is 4.79 Å². The second kappa shape index (κ2) is 5.78. The molecule has 3 rings (SSSR count). The van der Waals surface area contributed by atoms with Gasteiger partial charge < -0.3 is 15.3 Å². The summed E-state index contributed by atoms with van der Waals surface area (Å²) in [6.45, 7) is 2.20. The standard InChI is InChI=1S/C17H24N2O2/c1-19(12-17(21)8-2-3-9-17)16(20)15-6-4-5-13-11-18-10-7-14(13)15/h4-6,18,21H,2-3,7-12H2,1H3. The summed E-state index contributed by atoms with van der Waals surface area (Å²) in [6.07, 6.45) is 4.63. The van der Waals surface area contributed by atoms with E-state index in [1.54, 1.807) is 11.9 Å². The first-order valence-electron chi connectivity index (χ1n) is 7.88. The molecule has 0 aromatic heterocycles. The van der Waals surface area contributed by atoms with Gasteiger partial charge in [0, 0.05) is 25.7 Å². The molecule has 0 spiro atoms. The number of aliphatic hydroxyl groups is 1. The number of hydrogen-bond acceptors (Lipinski definition) is 3. The zero-order chi connectivity index (χ0) is 14.9. The van der Waals surface area contributed by atoms with E-state index in [1.807, 2.05) is 12.1 Å². The largest absolute Gasteiger partial charge is 0.388 e. The molecule has 1 aromatic rings. The van der Waals surface area contributed by atoms with Gasteiger partial charge in [0.05, 0.1) is 5.60 Å². The molecule has 0 unspecified atom stereocenters. The monoisotopic (exact) mass is 288 g/mol. The van der Waals surface area contributed by atoms with Crippen molar-refractivity contribution in [3.8, 4) is 0 Å². The van der Waals surface area contributed by atoms with E-state index in [2.05, 4.69) is 11.4 Å². The summed E-state index contributed by atoms with van der Waals surface area (Å²) >= 11 is 0. The van der Waals surface area contributed by atoms with Crippen LogP contribution in [-0.4, -0.2) is 41.7 Å². The Kier molecular flexibility index (Phi) is 4.00. The molecule has 4 nitrogen and oxygen atoms in total. The Morgan fingerprint density at radius 3 is 2.90 bits per heavy atom. The van der Waals surface area contributed by atoms with Crippen molar-refractivity contribution in [2.24, 2.45) is 0 Å². The van der Waals surface area contributed by atoms with Gasteiger partial charge in [0.15, 0.2) is 0 Å². The molecular formula is C17H24N2O2. The molecule has 1 amide bonds. The summed E-state index contributed by atoms with van der Waals surface area (Å²) < 4.78 is 0. The zero-order valence-electron chi connectivity index (χ0n) is 12.7. The Morgan fingerprint density at radius 2 is 2.14 bits per heavy atom. The lowest BCUT2D eigenvalue weighted by molar-refractivity contribution is 0.0156. The maximum atomic E-state index is 12.7.